The van der Waals surface area contributed by atoms with Gasteiger partial charge < -0.3 is 10.0 Å². The number of aromatic nitrogens is 2. The van der Waals surface area contributed by atoms with Crippen LogP contribution in [0, 0.1) is 5.92 Å². The maximum Gasteiger partial charge on any atom is 0.522 e. The molecular formula is C27H26Cl2F3N3O6S. The number of H-pyrrole nitrogens is 1. The molecule has 0 radical (unpaired) electrons. The second-order valence-electron chi connectivity index (χ2n) is 10.1. The lowest BCUT2D eigenvalue weighted by Crippen LogP contribution is -2.41. The van der Waals surface area contributed by atoms with Crippen molar-refractivity contribution in [1.29, 1.82) is 0 Å². The lowest BCUT2D eigenvalue weighted by atomic mass is 9.92. The van der Waals surface area contributed by atoms with E-state index in [1.54, 1.807) is 12.1 Å². The van der Waals surface area contributed by atoms with Crippen molar-refractivity contribution in [2.75, 3.05) is 6.54 Å². The number of benzene rings is 2. The second-order valence-corrected chi connectivity index (χ2v) is 12.3. The van der Waals surface area contributed by atoms with E-state index in [0.717, 1.165) is 54.5 Å². The van der Waals surface area contributed by atoms with Crippen LogP contribution in [-0.2, 0) is 45.4 Å². The predicted molar refractivity (Wildman–Crippen MR) is 149 cm³/mol. The molecule has 2 atom stereocenters. The average Bonchev–Trinajstić information content (AvgIpc) is 3.51. The first-order valence-electron chi connectivity index (χ1n) is 12.8. The smallest absolute Gasteiger partial charge is 0.481 e. The van der Waals surface area contributed by atoms with Gasteiger partial charge in [-0.2, -0.15) is 26.7 Å². The Kier molecular flexibility index (Phi) is 9.55. The molecule has 2 unspecified atom stereocenters. The minimum absolute atomic E-state index is 0.0166. The quantitative estimate of drug-likeness (QED) is 0.242. The Labute approximate surface area is 249 Å². The zero-order valence-electron chi connectivity index (χ0n) is 21.9. The van der Waals surface area contributed by atoms with Crippen molar-refractivity contribution in [3.63, 3.8) is 0 Å². The van der Waals surface area contributed by atoms with Gasteiger partial charge in [0.1, 0.15) is 0 Å². The molecule has 42 heavy (non-hydrogen) atoms. The van der Waals surface area contributed by atoms with E-state index in [9.17, 15) is 22.8 Å². The lowest BCUT2D eigenvalue weighted by Gasteiger charge is -2.31. The largest absolute Gasteiger partial charge is 0.522 e. The highest BCUT2D eigenvalue weighted by atomic mass is 35.5. The van der Waals surface area contributed by atoms with Gasteiger partial charge in [-0.1, -0.05) is 47.5 Å². The van der Waals surface area contributed by atoms with E-state index < -0.39 is 21.6 Å². The molecule has 2 aromatic carbocycles. The van der Waals surface area contributed by atoms with Gasteiger partial charge in [0.05, 0.1) is 12.6 Å². The van der Waals surface area contributed by atoms with Crippen molar-refractivity contribution in [2.45, 2.75) is 50.1 Å². The van der Waals surface area contributed by atoms with E-state index >= 15 is 0 Å². The first kappa shape index (κ1) is 31.8. The van der Waals surface area contributed by atoms with E-state index in [0.29, 0.717) is 16.5 Å². The van der Waals surface area contributed by atoms with Gasteiger partial charge in [-0.25, -0.2) is 0 Å². The van der Waals surface area contributed by atoms with E-state index in [1.165, 1.54) is 11.3 Å². The summed E-state index contributed by atoms with van der Waals surface area (Å²) in [5.41, 5.74) is 0.167. The normalized spacial score (nSPS) is 18.8. The third-order valence-corrected chi connectivity index (χ3v) is 8.57. The molecule has 1 saturated heterocycles. The Balaban J connectivity index is 0.000000446. The number of hydrogen-bond donors (Lipinski definition) is 3. The Morgan fingerprint density at radius 3 is 2.29 bits per heavy atom. The molecule has 1 aliphatic carbocycles. The predicted octanol–water partition coefficient (Wildman–Crippen LogP) is 5.35. The number of carboxylic acids is 1. The molecule has 5 rings (SSSR count). The Hall–Kier alpha value is -3.13. The second kappa shape index (κ2) is 12.6. The first-order chi connectivity index (χ1) is 19.6. The molecule has 3 aromatic rings. The summed E-state index contributed by atoms with van der Waals surface area (Å²) in [5, 5.41) is 17.2. The van der Waals surface area contributed by atoms with Gasteiger partial charge >= 0.3 is 21.6 Å². The minimum atomic E-state index is -5.84. The Bertz CT molecular complexity index is 1560. The monoisotopic (exact) mass is 647 g/mol. The SMILES string of the molecule is O=C(O)Cc1ccc(-c2cc(Cl)c(CC3CCN(C4CCc5[nH]ncc5C4)C3=O)c(Cl)c2)cc1.O=S(=O)(O)C(F)(F)F. The molecule has 0 bridgehead atoms. The Morgan fingerprint density at radius 1 is 1.10 bits per heavy atom. The fourth-order valence-electron chi connectivity index (χ4n) is 5.18. The number of amides is 1. The minimum Gasteiger partial charge on any atom is -0.481 e. The highest BCUT2D eigenvalue weighted by molar-refractivity contribution is 7.86. The van der Waals surface area contributed by atoms with Gasteiger partial charge in [-0.3, -0.25) is 19.2 Å². The number of aryl methyl sites for hydroxylation is 1. The van der Waals surface area contributed by atoms with Gasteiger partial charge in [0.25, 0.3) is 0 Å². The number of nitrogens with one attached hydrogen (secondary N) is 1. The fourth-order valence-corrected chi connectivity index (χ4v) is 5.82. The standard InChI is InChI=1S/C26H25Cl2N3O3.CHF3O3S/c27-22-12-18(16-3-1-15(2-4-16)9-25(32)33)13-23(28)21(22)11-17-7-8-31(26(17)34)20-5-6-24-19(10-20)14-29-30-24;2-1(3,4)8(5,6)7/h1-4,12-14,17,20H,5-11H2,(H,29,30)(H,32,33);(H,5,6,7). The number of carbonyl (C=O) groups excluding carboxylic acids is 1. The summed E-state index contributed by atoms with van der Waals surface area (Å²) in [6, 6.07) is 11.3. The van der Waals surface area contributed by atoms with Crippen LogP contribution in [0.15, 0.2) is 42.6 Å². The highest BCUT2D eigenvalue weighted by Gasteiger charge is 2.44. The van der Waals surface area contributed by atoms with Crippen molar-refractivity contribution in [3.05, 3.63) is 75.0 Å². The number of fused-ring (bicyclic) bond motifs is 1. The molecule has 9 nitrogen and oxygen atoms in total. The molecule has 2 heterocycles. The van der Waals surface area contributed by atoms with Crippen LogP contribution in [0.3, 0.4) is 0 Å². The molecule has 1 amide bonds. The summed E-state index contributed by atoms with van der Waals surface area (Å²) in [7, 11) is -5.84. The number of alkyl halides is 3. The van der Waals surface area contributed by atoms with Gasteiger partial charge in [-0.15, -0.1) is 0 Å². The zero-order chi connectivity index (χ0) is 30.8. The number of aromatic amines is 1. The summed E-state index contributed by atoms with van der Waals surface area (Å²) in [4.78, 5) is 26.2. The molecule has 1 fully saturated rings. The van der Waals surface area contributed by atoms with E-state index in [-0.39, 0.29) is 24.3 Å². The molecule has 2 aliphatic rings. The number of carbonyl (C=O) groups is 2. The third kappa shape index (κ3) is 7.44. The van der Waals surface area contributed by atoms with Crippen LogP contribution in [0.25, 0.3) is 11.1 Å². The summed E-state index contributed by atoms with van der Waals surface area (Å²) >= 11 is 13.3. The topological polar surface area (TPSA) is 141 Å². The van der Waals surface area contributed by atoms with Gasteiger partial charge in [0.15, 0.2) is 0 Å². The summed E-state index contributed by atoms with van der Waals surface area (Å²) < 4.78 is 57.5. The van der Waals surface area contributed by atoms with Crippen LogP contribution in [0.5, 0.6) is 0 Å². The molecule has 1 aliphatic heterocycles. The molecule has 0 spiro atoms. The molecule has 0 saturated carbocycles. The van der Waals surface area contributed by atoms with Crippen LogP contribution in [0.1, 0.15) is 35.2 Å². The van der Waals surface area contributed by atoms with Gasteiger partial charge in [-0.05, 0) is 72.1 Å². The van der Waals surface area contributed by atoms with Crippen molar-refractivity contribution < 1.29 is 40.8 Å². The zero-order valence-corrected chi connectivity index (χ0v) is 24.2. The van der Waals surface area contributed by atoms with E-state index in [4.69, 9.17) is 41.3 Å². The first-order valence-corrected chi connectivity index (χ1v) is 15.0. The van der Waals surface area contributed by atoms with Gasteiger partial charge in [0.2, 0.25) is 5.91 Å². The van der Waals surface area contributed by atoms with Crippen LogP contribution in [0.2, 0.25) is 10.0 Å². The molecule has 226 valence electrons. The number of rotatable bonds is 6. The maximum atomic E-state index is 13.3. The maximum absolute atomic E-state index is 13.3. The number of halogens is 5. The van der Waals surface area contributed by atoms with Crippen LogP contribution in [-0.4, -0.2) is 63.1 Å². The number of aliphatic carboxylic acids is 1. The number of hydrogen-bond acceptors (Lipinski definition) is 5. The summed E-state index contributed by atoms with van der Waals surface area (Å²) in [6.07, 6.45) is 5.91. The molecule has 15 heteroatoms. The lowest BCUT2D eigenvalue weighted by molar-refractivity contribution is -0.136. The highest BCUT2D eigenvalue weighted by Crippen LogP contribution is 2.36. The molecule has 1 aromatic heterocycles. The summed E-state index contributed by atoms with van der Waals surface area (Å²) in [5.74, 6) is -0.804. The van der Waals surface area contributed by atoms with E-state index in [1.807, 2.05) is 35.4 Å². The number of carboxylic acid groups (broad SMARTS) is 1. The molecular weight excluding hydrogens is 622 g/mol. The number of likely N-dealkylation sites (tertiary alicyclic amines) is 1. The van der Waals surface area contributed by atoms with Crippen molar-refractivity contribution in [3.8, 4) is 11.1 Å². The van der Waals surface area contributed by atoms with Crippen molar-refractivity contribution >= 4 is 45.2 Å². The number of nitrogens with zero attached hydrogens (tertiary/aromatic N) is 2. The van der Waals surface area contributed by atoms with E-state index in [2.05, 4.69) is 10.2 Å². The average molecular weight is 648 g/mol. The summed E-state index contributed by atoms with van der Waals surface area (Å²) in [6.45, 7) is 0.761. The van der Waals surface area contributed by atoms with Crippen molar-refractivity contribution in [2.24, 2.45) is 5.92 Å². The molecule has 3 N–H and O–H groups in total. The van der Waals surface area contributed by atoms with Crippen LogP contribution >= 0.6 is 23.2 Å². The van der Waals surface area contributed by atoms with Crippen LogP contribution in [0.4, 0.5) is 13.2 Å². The fraction of sp³-hybridized carbons (Fsp3) is 0.370. The van der Waals surface area contributed by atoms with Crippen molar-refractivity contribution in [1.82, 2.24) is 15.1 Å². The van der Waals surface area contributed by atoms with Gasteiger partial charge in [0, 0.05) is 34.2 Å². The third-order valence-electron chi connectivity index (χ3n) is 7.31. The Morgan fingerprint density at radius 2 is 1.71 bits per heavy atom. The van der Waals surface area contributed by atoms with Crippen LogP contribution < -0.4 is 0 Å².